The van der Waals surface area contributed by atoms with Crippen molar-refractivity contribution in [3.63, 3.8) is 0 Å². The summed E-state index contributed by atoms with van der Waals surface area (Å²) in [6.45, 7) is 1.93. The molecule has 5 nitrogen and oxygen atoms in total. The van der Waals surface area contributed by atoms with Crippen molar-refractivity contribution < 1.29 is 14.7 Å². The first kappa shape index (κ1) is 15.0. The molecule has 0 spiro atoms. The van der Waals surface area contributed by atoms with Crippen molar-refractivity contribution in [3.8, 4) is 0 Å². The third-order valence-electron chi connectivity index (χ3n) is 3.84. The van der Waals surface area contributed by atoms with E-state index in [0.717, 1.165) is 37.0 Å². The molecule has 1 aromatic heterocycles. The van der Waals surface area contributed by atoms with Crippen molar-refractivity contribution in [3.05, 3.63) is 11.1 Å². The van der Waals surface area contributed by atoms with Crippen LogP contribution in [0, 0.1) is 12.3 Å². The van der Waals surface area contributed by atoms with Crippen LogP contribution >= 0.6 is 11.3 Å². The van der Waals surface area contributed by atoms with Gasteiger partial charge in [-0.2, -0.15) is 0 Å². The fraction of sp³-hybridized carbons (Fsp3) is 0.643. The van der Waals surface area contributed by atoms with Crippen LogP contribution in [0.25, 0.3) is 0 Å². The van der Waals surface area contributed by atoms with E-state index >= 15 is 0 Å². The molecular formula is C14H20N2O3S. The summed E-state index contributed by atoms with van der Waals surface area (Å²) < 4.78 is 0. The molecule has 1 heterocycles. The number of hydrogen-bond acceptors (Lipinski definition) is 4. The first-order chi connectivity index (χ1) is 9.49. The minimum Gasteiger partial charge on any atom is -0.481 e. The minimum atomic E-state index is -0.815. The number of rotatable bonds is 5. The highest BCUT2D eigenvalue weighted by Gasteiger charge is 2.36. The van der Waals surface area contributed by atoms with E-state index < -0.39 is 5.97 Å². The van der Waals surface area contributed by atoms with Gasteiger partial charge in [0.15, 0.2) is 5.13 Å². The van der Waals surface area contributed by atoms with Crippen LogP contribution in [0.15, 0.2) is 6.20 Å². The molecule has 0 atom stereocenters. The quantitative estimate of drug-likeness (QED) is 0.874. The van der Waals surface area contributed by atoms with Gasteiger partial charge in [-0.05, 0) is 25.2 Å². The predicted octanol–water partition coefficient (Wildman–Crippen LogP) is 3.21. The Labute approximate surface area is 122 Å². The van der Waals surface area contributed by atoms with E-state index in [4.69, 9.17) is 5.11 Å². The molecule has 1 saturated carbocycles. The SMILES string of the molecule is Cc1cnc(NC(=O)CC2(CC(=O)O)CCCCC2)s1. The van der Waals surface area contributed by atoms with Crippen LogP contribution in [-0.2, 0) is 9.59 Å². The van der Waals surface area contributed by atoms with Crippen LogP contribution in [0.3, 0.4) is 0 Å². The lowest BCUT2D eigenvalue weighted by Crippen LogP contribution is -2.32. The zero-order chi connectivity index (χ0) is 14.6. The second kappa shape index (κ2) is 6.35. The lowest BCUT2D eigenvalue weighted by Gasteiger charge is -2.35. The minimum absolute atomic E-state index is 0.0807. The molecule has 1 amide bonds. The first-order valence-electron chi connectivity index (χ1n) is 6.93. The third kappa shape index (κ3) is 4.03. The molecule has 0 saturated heterocycles. The van der Waals surface area contributed by atoms with Gasteiger partial charge in [-0.25, -0.2) is 4.98 Å². The highest BCUT2D eigenvalue weighted by Crippen LogP contribution is 2.42. The Kier molecular flexibility index (Phi) is 4.75. The van der Waals surface area contributed by atoms with Crippen molar-refractivity contribution in [2.24, 2.45) is 5.41 Å². The molecule has 6 heteroatoms. The summed E-state index contributed by atoms with van der Waals surface area (Å²) in [6, 6.07) is 0. The molecule has 1 aliphatic rings. The maximum atomic E-state index is 12.1. The van der Waals surface area contributed by atoms with Crippen molar-refractivity contribution in [1.29, 1.82) is 0 Å². The maximum Gasteiger partial charge on any atom is 0.303 e. The molecule has 0 bridgehead atoms. The van der Waals surface area contributed by atoms with E-state index in [1.807, 2.05) is 6.92 Å². The van der Waals surface area contributed by atoms with Gasteiger partial charge in [0.05, 0.1) is 6.42 Å². The van der Waals surface area contributed by atoms with E-state index in [9.17, 15) is 9.59 Å². The van der Waals surface area contributed by atoms with Gasteiger partial charge in [-0.15, -0.1) is 11.3 Å². The number of aryl methyl sites for hydroxylation is 1. The largest absolute Gasteiger partial charge is 0.481 e. The summed E-state index contributed by atoms with van der Waals surface area (Å²) in [6.07, 6.45) is 6.87. The van der Waals surface area contributed by atoms with Gasteiger partial charge < -0.3 is 10.4 Å². The Balaban J connectivity index is 1.99. The number of carbonyl (C=O) groups is 2. The number of aliphatic carboxylic acids is 1. The van der Waals surface area contributed by atoms with E-state index in [1.165, 1.54) is 11.3 Å². The smallest absolute Gasteiger partial charge is 0.303 e. The topological polar surface area (TPSA) is 79.3 Å². The standard InChI is InChI=1S/C14H20N2O3S/c1-10-9-15-13(20-10)16-11(17)7-14(8-12(18)19)5-3-2-4-6-14/h9H,2-8H2,1H3,(H,18,19)(H,15,16,17). The molecule has 110 valence electrons. The maximum absolute atomic E-state index is 12.1. The van der Waals surface area contributed by atoms with Gasteiger partial charge >= 0.3 is 5.97 Å². The third-order valence-corrected chi connectivity index (χ3v) is 4.67. The summed E-state index contributed by atoms with van der Waals surface area (Å²) in [5.74, 6) is -0.938. The number of anilines is 1. The number of nitrogens with zero attached hydrogens (tertiary/aromatic N) is 1. The molecule has 0 unspecified atom stereocenters. The van der Waals surface area contributed by atoms with Gasteiger partial charge in [-0.1, -0.05) is 19.3 Å². The normalized spacial score (nSPS) is 17.6. The van der Waals surface area contributed by atoms with Gasteiger partial charge in [-0.3, -0.25) is 9.59 Å². The van der Waals surface area contributed by atoms with E-state index in [0.29, 0.717) is 5.13 Å². The number of hydrogen-bond donors (Lipinski definition) is 2. The van der Waals surface area contributed by atoms with Crippen LogP contribution in [0.1, 0.15) is 49.8 Å². The van der Waals surface area contributed by atoms with E-state index in [1.54, 1.807) is 6.20 Å². The van der Waals surface area contributed by atoms with Crippen molar-refractivity contribution in [2.75, 3.05) is 5.32 Å². The lowest BCUT2D eigenvalue weighted by atomic mass is 9.69. The van der Waals surface area contributed by atoms with Crippen molar-refractivity contribution in [2.45, 2.75) is 51.9 Å². The highest BCUT2D eigenvalue weighted by molar-refractivity contribution is 7.15. The summed E-state index contributed by atoms with van der Waals surface area (Å²) in [5.41, 5.74) is -0.375. The zero-order valence-corrected chi connectivity index (χ0v) is 12.5. The molecule has 0 aromatic carbocycles. The monoisotopic (exact) mass is 296 g/mol. The molecule has 2 N–H and O–H groups in total. The van der Waals surface area contributed by atoms with Crippen molar-refractivity contribution in [1.82, 2.24) is 4.98 Å². The Morgan fingerprint density at radius 2 is 2.05 bits per heavy atom. The number of carbonyl (C=O) groups excluding carboxylic acids is 1. The molecule has 0 radical (unpaired) electrons. The van der Waals surface area contributed by atoms with Gasteiger partial charge in [0.25, 0.3) is 0 Å². The predicted molar refractivity (Wildman–Crippen MR) is 77.9 cm³/mol. The summed E-state index contributed by atoms with van der Waals surface area (Å²) in [5, 5.41) is 12.5. The first-order valence-corrected chi connectivity index (χ1v) is 7.75. The molecule has 20 heavy (non-hydrogen) atoms. The number of amides is 1. The average Bonchev–Trinajstić information content (AvgIpc) is 2.74. The van der Waals surface area contributed by atoms with Crippen molar-refractivity contribution >= 4 is 28.3 Å². The number of aromatic nitrogens is 1. The molecule has 1 fully saturated rings. The van der Waals surface area contributed by atoms with Crippen LogP contribution in [0.5, 0.6) is 0 Å². The number of nitrogens with one attached hydrogen (secondary N) is 1. The van der Waals surface area contributed by atoms with Gasteiger partial charge in [0.2, 0.25) is 5.91 Å². The average molecular weight is 296 g/mol. The van der Waals surface area contributed by atoms with Crippen LogP contribution < -0.4 is 5.32 Å². The van der Waals surface area contributed by atoms with Crippen LogP contribution in [0.2, 0.25) is 0 Å². The Morgan fingerprint density at radius 1 is 1.35 bits per heavy atom. The molecule has 1 aromatic rings. The Bertz CT molecular complexity index is 492. The highest BCUT2D eigenvalue weighted by atomic mass is 32.1. The van der Waals surface area contributed by atoms with E-state index in [2.05, 4.69) is 10.3 Å². The molecule has 1 aliphatic carbocycles. The number of carboxylic acid groups (broad SMARTS) is 1. The second-order valence-corrected chi connectivity index (χ2v) is 6.87. The second-order valence-electron chi connectivity index (χ2n) is 5.63. The Hall–Kier alpha value is -1.43. The summed E-state index contributed by atoms with van der Waals surface area (Å²) >= 11 is 1.43. The Morgan fingerprint density at radius 3 is 2.60 bits per heavy atom. The van der Waals surface area contributed by atoms with E-state index in [-0.39, 0.29) is 24.2 Å². The van der Waals surface area contributed by atoms with Crippen LogP contribution in [-0.4, -0.2) is 22.0 Å². The lowest BCUT2D eigenvalue weighted by molar-refractivity contribution is -0.140. The number of thiazole rings is 1. The van der Waals surface area contributed by atoms with Crippen LogP contribution in [0.4, 0.5) is 5.13 Å². The molecule has 2 rings (SSSR count). The molecular weight excluding hydrogens is 276 g/mol. The van der Waals surface area contributed by atoms with Gasteiger partial charge in [0.1, 0.15) is 0 Å². The summed E-state index contributed by atoms with van der Waals surface area (Å²) in [7, 11) is 0. The fourth-order valence-corrected chi connectivity index (χ4v) is 3.64. The molecule has 0 aliphatic heterocycles. The number of carboxylic acids is 1. The van der Waals surface area contributed by atoms with Gasteiger partial charge in [0, 0.05) is 17.5 Å². The fourth-order valence-electron chi connectivity index (χ4n) is 2.96. The zero-order valence-electron chi connectivity index (χ0n) is 11.6. The summed E-state index contributed by atoms with van der Waals surface area (Å²) in [4.78, 5) is 28.4.